The molecule has 1 fully saturated rings. The lowest BCUT2D eigenvalue weighted by atomic mass is 10.1. The summed E-state index contributed by atoms with van der Waals surface area (Å²) in [5.41, 5.74) is 2.21. The largest absolute Gasteiger partial charge is 0.493 e. The van der Waals surface area contributed by atoms with Crippen molar-refractivity contribution in [3.63, 3.8) is 0 Å². The summed E-state index contributed by atoms with van der Waals surface area (Å²) in [4.78, 5) is 26.8. The lowest BCUT2D eigenvalue weighted by Crippen LogP contribution is -2.27. The number of ether oxygens (including phenoxy) is 2. The number of hydrogen-bond acceptors (Lipinski definition) is 5. The summed E-state index contributed by atoms with van der Waals surface area (Å²) in [5, 5.41) is 1.09. The Morgan fingerprint density at radius 1 is 0.971 bits per heavy atom. The number of carbonyl (C=O) groups excluding carboxylic acids is 2. The number of carbonyl (C=O) groups is 2. The highest BCUT2D eigenvalue weighted by molar-refractivity contribution is 8.18. The fourth-order valence-corrected chi connectivity index (χ4v) is 4.72. The molecule has 3 aromatic rings. The zero-order valence-electron chi connectivity index (χ0n) is 17.9. The smallest absolute Gasteiger partial charge is 0.293 e. The minimum Gasteiger partial charge on any atom is -0.493 e. The Kier molecular flexibility index (Phi) is 7.73. The number of halogens is 3. The van der Waals surface area contributed by atoms with Crippen molar-refractivity contribution in [1.29, 1.82) is 0 Å². The second kappa shape index (κ2) is 10.7. The molecular weight excluding hydrogens is 517 g/mol. The average molecular weight is 535 g/mol. The van der Waals surface area contributed by atoms with Gasteiger partial charge in [0.25, 0.3) is 11.1 Å². The quantitative estimate of drug-likeness (QED) is 0.294. The van der Waals surface area contributed by atoms with Crippen molar-refractivity contribution in [3.05, 3.63) is 97.3 Å². The van der Waals surface area contributed by atoms with Crippen LogP contribution < -0.4 is 9.47 Å². The molecule has 0 radical (unpaired) electrons. The first kappa shape index (κ1) is 24.5. The molecule has 0 saturated carbocycles. The number of benzene rings is 3. The van der Waals surface area contributed by atoms with E-state index in [1.165, 1.54) is 12.0 Å². The Morgan fingerprint density at radius 3 is 2.41 bits per heavy atom. The minimum absolute atomic E-state index is 0.100. The van der Waals surface area contributed by atoms with Crippen LogP contribution in [0.2, 0.25) is 15.1 Å². The molecule has 2 amide bonds. The van der Waals surface area contributed by atoms with E-state index in [4.69, 9.17) is 44.3 Å². The van der Waals surface area contributed by atoms with Crippen LogP contribution in [-0.4, -0.2) is 23.2 Å². The van der Waals surface area contributed by atoms with Gasteiger partial charge >= 0.3 is 0 Å². The second-order valence-corrected chi connectivity index (χ2v) is 9.55. The third kappa shape index (κ3) is 5.53. The van der Waals surface area contributed by atoms with Gasteiger partial charge in [-0.05, 0) is 64.9 Å². The number of amides is 2. The molecule has 0 N–H and O–H groups in total. The van der Waals surface area contributed by atoms with Crippen molar-refractivity contribution in [2.45, 2.75) is 13.2 Å². The highest BCUT2D eigenvalue weighted by Gasteiger charge is 2.35. The van der Waals surface area contributed by atoms with E-state index in [0.717, 1.165) is 17.3 Å². The van der Waals surface area contributed by atoms with Crippen molar-refractivity contribution in [2.75, 3.05) is 7.11 Å². The average Bonchev–Trinajstić information content (AvgIpc) is 3.07. The Bertz CT molecular complexity index is 1280. The van der Waals surface area contributed by atoms with E-state index in [9.17, 15) is 9.59 Å². The zero-order chi connectivity index (χ0) is 24.2. The molecule has 174 valence electrons. The predicted molar refractivity (Wildman–Crippen MR) is 137 cm³/mol. The molecule has 0 aromatic heterocycles. The van der Waals surface area contributed by atoms with Gasteiger partial charge < -0.3 is 9.47 Å². The van der Waals surface area contributed by atoms with E-state index in [1.54, 1.807) is 54.6 Å². The van der Waals surface area contributed by atoms with Gasteiger partial charge in [0.1, 0.15) is 6.61 Å². The summed E-state index contributed by atoms with van der Waals surface area (Å²) in [6.07, 6.45) is 1.61. The van der Waals surface area contributed by atoms with E-state index in [2.05, 4.69) is 0 Å². The molecule has 0 aliphatic carbocycles. The van der Waals surface area contributed by atoms with Crippen LogP contribution in [0.4, 0.5) is 4.79 Å². The van der Waals surface area contributed by atoms with Crippen molar-refractivity contribution in [2.24, 2.45) is 0 Å². The standard InChI is InChI=1S/C25H18Cl3NO4S/c1-32-21-11-16(10-20(28)23(21)33-14-15-6-8-18(26)9-7-15)12-22-24(30)29(25(31)34-22)13-17-4-2-3-5-19(17)27/h2-12H,13-14H2,1H3/b22-12-. The first-order chi connectivity index (χ1) is 16.4. The fraction of sp³-hybridized carbons (Fsp3) is 0.120. The summed E-state index contributed by atoms with van der Waals surface area (Å²) in [7, 11) is 1.50. The van der Waals surface area contributed by atoms with Crippen molar-refractivity contribution < 1.29 is 19.1 Å². The van der Waals surface area contributed by atoms with Crippen LogP contribution in [0.15, 0.2) is 65.6 Å². The predicted octanol–water partition coefficient (Wildman–Crippen LogP) is 7.47. The number of hydrogen-bond donors (Lipinski definition) is 0. The summed E-state index contributed by atoms with van der Waals surface area (Å²) in [5.74, 6) is 0.388. The Labute approximate surface area is 216 Å². The Hall–Kier alpha value is -2.64. The van der Waals surface area contributed by atoms with Gasteiger partial charge in [-0.2, -0.15) is 0 Å². The number of imide groups is 1. The van der Waals surface area contributed by atoms with E-state index < -0.39 is 5.91 Å². The van der Waals surface area contributed by atoms with E-state index in [0.29, 0.717) is 37.7 Å². The summed E-state index contributed by atoms with van der Waals surface area (Å²) in [6.45, 7) is 0.372. The molecule has 1 aliphatic rings. The molecule has 1 saturated heterocycles. The lowest BCUT2D eigenvalue weighted by Gasteiger charge is -2.14. The van der Waals surface area contributed by atoms with Gasteiger partial charge in [-0.25, -0.2) is 0 Å². The molecule has 1 aliphatic heterocycles. The summed E-state index contributed by atoms with van der Waals surface area (Å²) >= 11 is 19.4. The van der Waals surface area contributed by atoms with Gasteiger partial charge in [-0.15, -0.1) is 0 Å². The molecule has 9 heteroatoms. The van der Waals surface area contributed by atoms with Gasteiger partial charge in [-0.3, -0.25) is 14.5 Å². The molecule has 0 atom stereocenters. The number of thioether (sulfide) groups is 1. The van der Waals surface area contributed by atoms with Crippen LogP contribution in [-0.2, 0) is 17.9 Å². The van der Waals surface area contributed by atoms with Crippen LogP contribution in [0.1, 0.15) is 16.7 Å². The maximum atomic E-state index is 12.9. The third-order valence-corrected chi connectivity index (χ3v) is 6.81. The van der Waals surface area contributed by atoms with Crippen LogP contribution in [0.5, 0.6) is 11.5 Å². The highest BCUT2D eigenvalue weighted by Crippen LogP contribution is 2.39. The zero-order valence-corrected chi connectivity index (χ0v) is 21.0. The topological polar surface area (TPSA) is 55.8 Å². The second-order valence-electron chi connectivity index (χ2n) is 7.31. The van der Waals surface area contributed by atoms with E-state index in [-0.39, 0.29) is 23.3 Å². The monoisotopic (exact) mass is 533 g/mol. The number of methoxy groups -OCH3 is 1. The number of nitrogens with zero attached hydrogens (tertiary/aromatic N) is 1. The van der Waals surface area contributed by atoms with Crippen LogP contribution in [0.25, 0.3) is 6.08 Å². The fourth-order valence-electron chi connectivity index (χ4n) is 3.28. The molecule has 0 spiro atoms. The lowest BCUT2D eigenvalue weighted by molar-refractivity contribution is -0.123. The van der Waals surface area contributed by atoms with Gasteiger partial charge in [0.15, 0.2) is 11.5 Å². The van der Waals surface area contributed by atoms with Crippen molar-refractivity contribution in [3.8, 4) is 11.5 Å². The molecule has 0 bridgehead atoms. The maximum absolute atomic E-state index is 12.9. The van der Waals surface area contributed by atoms with Gasteiger partial charge in [0.05, 0.1) is 23.6 Å². The Morgan fingerprint density at radius 2 is 1.71 bits per heavy atom. The van der Waals surface area contributed by atoms with Crippen LogP contribution in [0.3, 0.4) is 0 Å². The van der Waals surface area contributed by atoms with Gasteiger partial charge in [0, 0.05) is 10.0 Å². The molecule has 34 heavy (non-hydrogen) atoms. The minimum atomic E-state index is -0.395. The molecule has 3 aromatic carbocycles. The Balaban J connectivity index is 1.53. The first-order valence-electron chi connectivity index (χ1n) is 10.1. The molecular formula is C25H18Cl3NO4S. The normalized spacial score (nSPS) is 14.7. The SMILES string of the molecule is COc1cc(/C=C2\SC(=O)N(Cc3ccccc3Cl)C2=O)cc(Cl)c1OCc1ccc(Cl)cc1. The van der Waals surface area contributed by atoms with E-state index >= 15 is 0 Å². The number of rotatable bonds is 7. The van der Waals surface area contributed by atoms with Crippen molar-refractivity contribution >= 4 is 63.8 Å². The summed E-state index contributed by atoms with van der Waals surface area (Å²) in [6, 6.07) is 17.7. The van der Waals surface area contributed by atoms with E-state index in [1.807, 2.05) is 12.1 Å². The van der Waals surface area contributed by atoms with Gasteiger partial charge in [-0.1, -0.05) is 65.1 Å². The van der Waals surface area contributed by atoms with Crippen LogP contribution in [0, 0.1) is 0 Å². The maximum Gasteiger partial charge on any atom is 0.293 e. The van der Waals surface area contributed by atoms with Gasteiger partial charge in [0.2, 0.25) is 0 Å². The molecule has 5 nitrogen and oxygen atoms in total. The summed E-state index contributed by atoms with van der Waals surface area (Å²) < 4.78 is 11.3. The molecule has 0 unspecified atom stereocenters. The third-order valence-electron chi connectivity index (χ3n) is 5.01. The van der Waals surface area contributed by atoms with Crippen molar-refractivity contribution in [1.82, 2.24) is 4.90 Å². The first-order valence-corrected chi connectivity index (χ1v) is 12.0. The molecule has 1 heterocycles. The van der Waals surface area contributed by atoms with Crippen LogP contribution >= 0.6 is 46.6 Å². The highest BCUT2D eigenvalue weighted by atomic mass is 35.5. The molecule has 4 rings (SSSR count).